The molecule has 0 saturated carbocycles. The van der Waals surface area contributed by atoms with E-state index in [1.54, 1.807) is 20.3 Å². The van der Waals surface area contributed by atoms with Crippen molar-refractivity contribution in [3.05, 3.63) is 47.8 Å². The highest BCUT2D eigenvalue weighted by molar-refractivity contribution is 5.59. The molecule has 0 aliphatic carbocycles. The Morgan fingerprint density at radius 2 is 1.81 bits per heavy atom. The molecule has 2 aromatic heterocycles. The van der Waals surface area contributed by atoms with E-state index in [0.717, 1.165) is 22.7 Å². The maximum Gasteiger partial charge on any atom is 0.183 e. The van der Waals surface area contributed by atoms with E-state index < -0.39 is 0 Å². The molecule has 136 valence electrons. The molecule has 0 aliphatic heterocycles. The molecule has 1 aromatic carbocycles. The number of fused-ring (bicyclic) bond motifs is 1. The van der Waals surface area contributed by atoms with Crippen LogP contribution >= 0.6 is 0 Å². The maximum absolute atomic E-state index is 5.41. The average molecular weight is 352 g/mol. The second-order valence-corrected chi connectivity index (χ2v) is 7.16. The van der Waals surface area contributed by atoms with Crippen molar-refractivity contribution in [3.63, 3.8) is 0 Å². The Morgan fingerprint density at radius 3 is 2.46 bits per heavy atom. The van der Waals surface area contributed by atoms with Crippen molar-refractivity contribution in [2.24, 2.45) is 10.2 Å². The number of benzene rings is 1. The summed E-state index contributed by atoms with van der Waals surface area (Å²) in [6, 6.07) is 9.48. The van der Waals surface area contributed by atoms with Gasteiger partial charge in [0.1, 0.15) is 22.8 Å². The third kappa shape index (κ3) is 3.27. The summed E-state index contributed by atoms with van der Waals surface area (Å²) in [5.41, 5.74) is 3.38. The molecule has 3 aromatic rings. The van der Waals surface area contributed by atoms with Gasteiger partial charge in [0.15, 0.2) is 5.82 Å². The Labute approximate surface area is 153 Å². The van der Waals surface area contributed by atoms with Crippen LogP contribution in [0.3, 0.4) is 0 Å². The first-order valence-electron chi connectivity index (χ1n) is 8.47. The number of nitrogens with zero attached hydrogens (tertiary/aromatic N) is 4. The standard InChI is InChI=1S/C20H24N4O2/c1-13-8-7-11-24-18(13)21-17(20(2,3)4)19(24)23-22-15-10-9-14(25-5)12-16(15)26-6/h7-12H,1-6H3. The lowest BCUT2D eigenvalue weighted by molar-refractivity contribution is 0.395. The molecule has 0 unspecified atom stereocenters. The molecular weight excluding hydrogens is 328 g/mol. The molecule has 0 amide bonds. The van der Waals surface area contributed by atoms with Crippen LogP contribution in [0.15, 0.2) is 46.8 Å². The number of imidazole rings is 1. The van der Waals surface area contributed by atoms with Gasteiger partial charge >= 0.3 is 0 Å². The summed E-state index contributed by atoms with van der Waals surface area (Å²) < 4.78 is 12.6. The first kappa shape index (κ1) is 17.9. The van der Waals surface area contributed by atoms with Gasteiger partial charge in [0.2, 0.25) is 0 Å². The first-order valence-corrected chi connectivity index (χ1v) is 8.47. The summed E-state index contributed by atoms with van der Waals surface area (Å²) in [5.74, 6) is 2.05. The van der Waals surface area contributed by atoms with Gasteiger partial charge in [-0.15, -0.1) is 10.2 Å². The summed E-state index contributed by atoms with van der Waals surface area (Å²) in [6.07, 6.45) is 1.96. The zero-order valence-electron chi connectivity index (χ0n) is 16.1. The Morgan fingerprint density at radius 1 is 1.04 bits per heavy atom. The van der Waals surface area contributed by atoms with E-state index in [2.05, 4.69) is 31.0 Å². The monoisotopic (exact) mass is 352 g/mol. The van der Waals surface area contributed by atoms with Crippen LogP contribution in [0.4, 0.5) is 11.5 Å². The smallest absolute Gasteiger partial charge is 0.183 e. The molecule has 2 heterocycles. The van der Waals surface area contributed by atoms with E-state index >= 15 is 0 Å². The molecule has 6 heteroatoms. The summed E-state index contributed by atoms with van der Waals surface area (Å²) in [5, 5.41) is 8.97. The quantitative estimate of drug-likeness (QED) is 0.593. The molecule has 0 saturated heterocycles. The third-order valence-electron chi connectivity index (χ3n) is 4.17. The number of hydrogen-bond donors (Lipinski definition) is 0. The summed E-state index contributed by atoms with van der Waals surface area (Å²) in [6.45, 7) is 8.41. The van der Waals surface area contributed by atoms with Crippen molar-refractivity contribution in [3.8, 4) is 11.5 Å². The highest BCUT2D eigenvalue weighted by Crippen LogP contribution is 2.36. The van der Waals surface area contributed by atoms with Crippen molar-refractivity contribution in [2.75, 3.05) is 14.2 Å². The zero-order valence-corrected chi connectivity index (χ0v) is 16.1. The first-order chi connectivity index (χ1) is 12.3. The minimum absolute atomic E-state index is 0.156. The predicted molar refractivity (Wildman–Crippen MR) is 102 cm³/mol. The van der Waals surface area contributed by atoms with Crippen molar-refractivity contribution in [1.82, 2.24) is 9.38 Å². The van der Waals surface area contributed by atoms with Gasteiger partial charge < -0.3 is 9.47 Å². The normalized spacial score (nSPS) is 12.1. The number of methoxy groups -OCH3 is 2. The van der Waals surface area contributed by atoms with Crippen LogP contribution in [0, 0.1) is 6.92 Å². The Balaban J connectivity index is 2.14. The van der Waals surface area contributed by atoms with Crippen molar-refractivity contribution in [2.45, 2.75) is 33.1 Å². The molecule has 6 nitrogen and oxygen atoms in total. The predicted octanol–water partition coefficient (Wildman–Crippen LogP) is 5.37. The van der Waals surface area contributed by atoms with Crippen molar-refractivity contribution < 1.29 is 9.47 Å². The average Bonchev–Trinajstić information content (AvgIpc) is 3.00. The van der Waals surface area contributed by atoms with Gasteiger partial charge in [-0.3, -0.25) is 4.40 Å². The number of ether oxygens (including phenoxy) is 2. The fourth-order valence-corrected chi connectivity index (χ4v) is 2.76. The fraction of sp³-hybridized carbons (Fsp3) is 0.350. The van der Waals surface area contributed by atoms with Gasteiger partial charge in [-0.2, -0.15) is 0 Å². The van der Waals surface area contributed by atoms with Gasteiger partial charge in [0.25, 0.3) is 0 Å². The molecule has 0 atom stereocenters. The number of pyridine rings is 1. The third-order valence-corrected chi connectivity index (χ3v) is 4.17. The number of hydrogen-bond acceptors (Lipinski definition) is 5. The van der Waals surface area contributed by atoms with E-state index in [0.29, 0.717) is 17.2 Å². The number of aryl methyl sites for hydroxylation is 1. The van der Waals surface area contributed by atoms with Gasteiger partial charge in [-0.1, -0.05) is 26.8 Å². The number of aromatic nitrogens is 2. The molecule has 3 rings (SSSR count). The second kappa shape index (κ2) is 6.78. The van der Waals surface area contributed by atoms with E-state index in [4.69, 9.17) is 14.5 Å². The van der Waals surface area contributed by atoms with Crippen LogP contribution in [0.2, 0.25) is 0 Å². The van der Waals surface area contributed by atoms with Crippen molar-refractivity contribution in [1.29, 1.82) is 0 Å². The maximum atomic E-state index is 5.41. The van der Waals surface area contributed by atoms with Gasteiger partial charge in [-0.05, 0) is 30.7 Å². The Hall–Kier alpha value is -2.89. The molecule has 0 aliphatic rings. The van der Waals surface area contributed by atoms with Crippen LogP contribution < -0.4 is 9.47 Å². The number of azo groups is 1. The summed E-state index contributed by atoms with van der Waals surface area (Å²) >= 11 is 0. The molecular formula is C20H24N4O2. The molecule has 0 spiro atoms. The molecule has 0 bridgehead atoms. The van der Waals surface area contributed by atoms with Crippen LogP contribution in [-0.2, 0) is 5.41 Å². The van der Waals surface area contributed by atoms with E-state index in [1.807, 2.05) is 41.8 Å². The Kier molecular flexibility index (Phi) is 4.68. The largest absolute Gasteiger partial charge is 0.497 e. The van der Waals surface area contributed by atoms with Crippen LogP contribution in [0.25, 0.3) is 5.65 Å². The minimum Gasteiger partial charge on any atom is -0.497 e. The van der Waals surface area contributed by atoms with Gasteiger partial charge in [-0.25, -0.2) is 4.98 Å². The molecule has 0 fully saturated rings. The minimum atomic E-state index is -0.156. The van der Waals surface area contributed by atoms with Crippen LogP contribution in [-0.4, -0.2) is 23.6 Å². The van der Waals surface area contributed by atoms with Gasteiger partial charge in [0, 0.05) is 17.7 Å². The highest BCUT2D eigenvalue weighted by Gasteiger charge is 2.24. The van der Waals surface area contributed by atoms with E-state index in [1.165, 1.54) is 0 Å². The lowest BCUT2D eigenvalue weighted by atomic mass is 9.92. The van der Waals surface area contributed by atoms with Crippen LogP contribution in [0.1, 0.15) is 32.0 Å². The lowest BCUT2D eigenvalue weighted by Gasteiger charge is -2.15. The van der Waals surface area contributed by atoms with Gasteiger partial charge in [0.05, 0.1) is 19.9 Å². The fourth-order valence-electron chi connectivity index (χ4n) is 2.76. The topological polar surface area (TPSA) is 60.5 Å². The second-order valence-electron chi connectivity index (χ2n) is 7.16. The lowest BCUT2D eigenvalue weighted by Crippen LogP contribution is -2.11. The summed E-state index contributed by atoms with van der Waals surface area (Å²) in [4.78, 5) is 4.82. The molecule has 0 N–H and O–H groups in total. The SMILES string of the molecule is COc1ccc(N=Nc2c(C(C)(C)C)nc3c(C)cccn23)c(OC)c1. The molecule has 0 radical (unpaired) electrons. The molecule has 26 heavy (non-hydrogen) atoms. The zero-order chi connectivity index (χ0) is 18.9. The van der Waals surface area contributed by atoms with E-state index in [9.17, 15) is 0 Å². The van der Waals surface area contributed by atoms with E-state index in [-0.39, 0.29) is 5.41 Å². The number of rotatable bonds is 4. The summed E-state index contributed by atoms with van der Waals surface area (Å²) in [7, 11) is 3.22. The highest BCUT2D eigenvalue weighted by atomic mass is 16.5. The van der Waals surface area contributed by atoms with Crippen molar-refractivity contribution >= 4 is 17.2 Å². The van der Waals surface area contributed by atoms with Crippen LogP contribution in [0.5, 0.6) is 11.5 Å². The Bertz CT molecular complexity index is 968.